The Bertz CT molecular complexity index is 1100. The van der Waals surface area contributed by atoms with E-state index in [4.69, 9.17) is 31.2 Å². The number of benzene rings is 2. The molecule has 1 atom stereocenters. The molecule has 1 saturated heterocycles. The Labute approximate surface area is 228 Å². The number of ether oxygens (including phenoxy) is 4. The van der Waals surface area contributed by atoms with Gasteiger partial charge >= 0.3 is 5.97 Å². The number of hydrogen-bond acceptors (Lipinski definition) is 8. The molecule has 0 bridgehead atoms. The Morgan fingerprint density at radius 3 is 2.62 bits per heavy atom. The molecule has 3 rings (SSSR count). The summed E-state index contributed by atoms with van der Waals surface area (Å²) in [5.41, 5.74) is 0.253. The molecule has 0 radical (unpaired) electrons. The van der Waals surface area contributed by atoms with E-state index in [9.17, 15) is 14.4 Å². The highest BCUT2D eigenvalue weighted by molar-refractivity contribution is 9.10. The van der Waals surface area contributed by atoms with E-state index in [0.29, 0.717) is 35.7 Å². The van der Waals surface area contributed by atoms with Crippen LogP contribution >= 0.6 is 28.1 Å². The van der Waals surface area contributed by atoms with E-state index in [1.165, 1.54) is 4.90 Å². The molecule has 0 saturated carbocycles. The van der Waals surface area contributed by atoms with Gasteiger partial charge in [0, 0.05) is 24.7 Å². The van der Waals surface area contributed by atoms with Crippen LogP contribution in [0.15, 0.2) is 53.0 Å². The molecule has 2 aromatic carbocycles. The Hall–Kier alpha value is -3.22. The monoisotopic (exact) mass is 593 g/mol. The van der Waals surface area contributed by atoms with Crippen LogP contribution in [-0.2, 0) is 19.1 Å². The lowest BCUT2D eigenvalue weighted by atomic mass is 10.1. The smallest absolute Gasteiger partial charge is 0.308 e. The molecule has 1 aliphatic rings. The van der Waals surface area contributed by atoms with E-state index in [1.54, 1.807) is 37.4 Å². The highest BCUT2D eigenvalue weighted by Gasteiger charge is 2.34. The number of rotatable bonds is 11. The summed E-state index contributed by atoms with van der Waals surface area (Å²) in [7, 11) is 1.55. The molecule has 2 N–H and O–H groups in total. The molecular formula is C25H28BrN3O7S. The van der Waals surface area contributed by atoms with Crippen LogP contribution in [0.3, 0.4) is 0 Å². The highest BCUT2D eigenvalue weighted by atomic mass is 79.9. The van der Waals surface area contributed by atoms with Gasteiger partial charge in [0.15, 0.2) is 5.11 Å². The summed E-state index contributed by atoms with van der Waals surface area (Å²) >= 11 is 8.80. The summed E-state index contributed by atoms with van der Waals surface area (Å²) in [5.74, 6) is -0.459. The predicted octanol–water partition coefficient (Wildman–Crippen LogP) is 2.30. The van der Waals surface area contributed by atoms with Crippen molar-refractivity contribution in [2.45, 2.75) is 12.5 Å². The molecule has 2 amide bonds. The zero-order valence-corrected chi connectivity index (χ0v) is 22.6. The minimum atomic E-state index is -0.927. The van der Waals surface area contributed by atoms with E-state index in [0.717, 1.165) is 0 Å². The van der Waals surface area contributed by atoms with Crippen LogP contribution in [0.4, 0.5) is 0 Å². The molecule has 12 heteroatoms. The predicted molar refractivity (Wildman–Crippen MR) is 143 cm³/mol. The third kappa shape index (κ3) is 8.69. The van der Waals surface area contributed by atoms with Crippen molar-refractivity contribution in [2.24, 2.45) is 0 Å². The number of carbonyl (C=O) groups excluding carboxylic acids is 3. The second-order valence-electron chi connectivity index (χ2n) is 7.83. The van der Waals surface area contributed by atoms with Gasteiger partial charge in [-0.2, -0.15) is 0 Å². The number of carbonyl (C=O) groups is 3. The van der Waals surface area contributed by atoms with Crippen LogP contribution in [0, 0.1) is 0 Å². The first-order valence-electron chi connectivity index (χ1n) is 11.5. The van der Waals surface area contributed by atoms with Gasteiger partial charge in [-0.05, 0) is 42.5 Å². The number of piperazine rings is 1. The molecule has 37 heavy (non-hydrogen) atoms. The first kappa shape index (κ1) is 28.4. The van der Waals surface area contributed by atoms with Gasteiger partial charge in [0.25, 0.3) is 5.91 Å². The van der Waals surface area contributed by atoms with E-state index in [1.807, 2.05) is 18.2 Å². The second kappa shape index (κ2) is 14.5. The highest BCUT2D eigenvalue weighted by Crippen LogP contribution is 2.23. The number of nitrogens with one attached hydrogen (secondary N) is 2. The number of thiocarbonyl (C=S) groups is 1. The van der Waals surface area contributed by atoms with E-state index in [2.05, 4.69) is 26.6 Å². The molecule has 1 unspecified atom stereocenters. The van der Waals surface area contributed by atoms with Gasteiger partial charge in [-0.1, -0.05) is 34.1 Å². The van der Waals surface area contributed by atoms with Crippen LogP contribution in [0.5, 0.6) is 11.5 Å². The van der Waals surface area contributed by atoms with Crippen molar-refractivity contribution in [2.75, 3.05) is 46.6 Å². The lowest BCUT2D eigenvalue weighted by Gasteiger charge is -2.36. The molecule has 10 nitrogen and oxygen atoms in total. The van der Waals surface area contributed by atoms with Gasteiger partial charge in [-0.25, -0.2) is 0 Å². The van der Waals surface area contributed by atoms with Crippen molar-refractivity contribution < 1.29 is 33.3 Å². The number of halogens is 1. The van der Waals surface area contributed by atoms with Crippen molar-refractivity contribution in [1.29, 1.82) is 0 Å². The average Bonchev–Trinajstić information content (AvgIpc) is 2.89. The van der Waals surface area contributed by atoms with Crippen molar-refractivity contribution >= 4 is 51.0 Å². The van der Waals surface area contributed by atoms with Crippen molar-refractivity contribution in [3.63, 3.8) is 0 Å². The maximum Gasteiger partial charge on any atom is 0.308 e. The summed E-state index contributed by atoms with van der Waals surface area (Å²) in [6.45, 7) is 1.44. The number of hydrogen-bond donors (Lipinski definition) is 2. The van der Waals surface area contributed by atoms with E-state index >= 15 is 0 Å². The fourth-order valence-corrected chi connectivity index (χ4v) is 4.16. The largest absolute Gasteiger partial charge is 0.490 e. The third-order valence-electron chi connectivity index (χ3n) is 5.26. The van der Waals surface area contributed by atoms with Crippen molar-refractivity contribution in [1.82, 2.24) is 15.5 Å². The molecule has 1 aliphatic heterocycles. The number of methoxy groups -OCH3 is 1. The molecule has 2 aromatic rings. The number of esters is 1. The van der Waals surface area contributed by atoms with Gasteiger partial charge in [0.05, 0.1) is 18.6 Å². The Balaban J connectivity index is 1.57. The quantitative estimate of drug-likeness (QED) is 0.230. The van der Waals surface area contributed by atoms with Crippen LogP contribution in [-0.4, -0.2) is 80.5 Å². The SMILES string of the molecule is COCCOc1ccc(Br)cc1C(=O)NC(=S)N1CCNC(=O)C1CC(=O)OCCOc1ccccc1. The van der Waals surface area contributed by atoms with Gasteiger partial charge < -0.3 is 29.2 Å². The minimum Gasteiger partial charge on any atom is -0.490 e. The normalized spacial score (nSPS) is 14.9. The maximum absolute atomic E-state index is 13.0. The molecule has 198 valence electrons. The number of nitrogens with zero attached hydrogens (tertiary/aromatic N) is 1. The number of para-hydroxylation sites is 1. The summed E-state index contributed by atoms with van der Waals surface area (Å²) in [6.07, 6.45) is -0.241. The lowest BCUT2D eigenvalue weighted by molar-refractivity contribution is -0.148. The van der Waals surface area contributed by atoms with E-state index in [-0.39, 0.29) is 42.8 Å². The maximum atomic E-state index is 13.0. The molecule has 1 heterocycles. The van der Waals surface area contributed by atoms with Gasteiger partial charge in [0.2, 0.25) is 5.91 Å². The lowest BCUT2D eigenvalue weighted by Crippen LogP contribution is -2.60. The zero-order chi connectivity index (χ0) is 26.6. The Morgan fingerprint density at radius 1 is 1.11 bits per heavy atom. The van der Waals surface area contributed by atoms with Crippen LogP contribution < -0.4 is 20.1 Å². The fraction of sp³-hybridized carbons (Fsp3) is 0.360. The van der Waals surface area contributed by atoms with Crippen LogP contribution in [0.25, 0.3) is 0 Å². The molecule has 1 fully saturated rings. The first-order valence-corrected chi connectivity index (χ1v) is 12.7. The van der Waals surface area contributed by atoms with Gasteiger partial charge in [-0.15, -0.1) is 0 Å². The zero-order valence-electron chi connectivity index (χ0n) is 20.2. The van der Waals surface area contributed by atoms with Crippen molar-refractivity contribution in [3.8, 4) is 11.5 Å². The topological polar surface area (TPSA) is 115 Å². The Morgan fingerprint density at radius 2 is 1.86 bits per heavy atom. The van der Waals surface area contributed by atoms with Crippen LogP contribution in [0.2, 0.25) is 0 Å². The molecule has 0 spiro atoms. The summed E-state index contributed by atoms with van der Waals surface area (Å²) in [5, 5.41) is 5.39. The first-order chi connectivity index (χ1) is 17.9. The standard InChI is InChI=1S/C25H28BrN3O7S/c1-33-11-12-35-21-8-7-17(26)15-19(21)23(31)28-25(37)29-10-9-27-24(32)20(29)16-22(30)36-14-13-34-18-5-3-2-4-6-18/h2-8,15,20H,9-14,16H2,1H3,(H,27,32)(H,28,31,37). The molecular weight excluding hydrogens is 566 g/mol. The second-order valence-corrected chi connectivity index (χ2v) is 9.13. The van der Waals surface area contributed by atoms with E-state index < -0.39 is 17.9 Å². The third-order valence-corrected chi connectivity index (χ3v) is 6.09. The Kier molecular flexibility index (Phi) is 11.1. The minimum absolute atomic E-state index is 0.0212. The molecule has 0 aliphatic carbocycles. The van der Waals surface area contributed by atoms with Gasteiger partial charge in [-0.3, -0.25) is 19.7 Å². The average molecular weight is 594 g/mol. The molecule has 0 aromatic heterocycles. The van der Waals surface area contributed by atoms with Crippen molar-refractivity contribution in [3.05, 3.63) is 58.6 Å². The number of amides is 2. The summed E-state index contributed by atoms with van der Waals surface area (Å²) in [6, 6.07) is 13.2. The summed E-state index contributed by atoms with van der Waals surface area (Å²) in [4.78, 5) is 39.6. The summed E-state index contributed by atoms with van der Waals surface area (Å²) < 4.78 is 22.1. The van der Waals surface area contributed by atoms with Crippen LogP contribution in [0.1, 0.15) is 16.8 Å². The fourth-order valence-electron chi connectivity index (χ4n) is 3.49. The van der Waals surface area contributed by atoms with Gasteiger partial charge in [0.1, 0.15) is 37.4 Å².